The summed E-state index contributed by atoms with van der Waals surface area (Å²) >= 11 is 0. The first-order chi connectivity index (χ1) is 12.2. The number of halogens is 2. The zero-order valence-corrected chi connectivity index (χ0v) is 14.0. The topological polar surface area (TPSA) is 21.3 Å². The number of anilines is 1. The quantitative estimate of drug-likeness (QED) is 0.781. The number of para-hydroxylation sites is 1. The highest BCUT2D eigenvalue weighted by Gasteiger charge is 2.42. The minimum absolute atomic E-state index is 0.0156. The second-order valence-corrected chi connectivity index (χ2v) is 7.47. The molecule has 2 aromatic carbocycles. The van der Waals surface area contributed by atoms with Gasteiger partial charge in [-0.1, -0.05) is 24.3 Å². The van der Waals surface area contributed by atoms with Gasteiger partial charge in [-0.3, -0.25) is 0 Å². The van der Waals surface area contributed by atoms with Gasteiger partial charge in [0.25, 0.3) is 0 Å². The zero-order chi connectivity index (χ0) is 17.0. The molecule has 3 unspecified atom stereocenters. The van der Waals surface area contributed by atoms with Gasteiger partial charge in [0, 0.05) is 35.4 Å². The van der Waals surface area contributed by atoms with Gasteiger partial charge in [-0.05, 0) is 43.2 Å². The van der Waals surface area contributed by atoms with Crippen molar-refractivity contribution in [3.05, 3.63) is 64.7 Å². The van der Waals surface area contributed by atoms with Crippen molar-refractivity contribution in [2.45, 2.75) is 43.7 Å². The SMILES string of the molecule is Fc1ccc(C2Nc3c(C4CC4)cccc3C3OCCCC23)c(F)c1. The molecule has 3 aliphatic rings. The lowest BCUT2D eigenvalue weighted by Crippen LogP contribution is -2.36. The monoisotopic (exact) mass is 341 g/mol. The third kappa shape index (κ3) is 2.54. The van der Waals surface area contributed by atoms with Crippen molar-refractivity contribution in [3.8, 4) is 0 Å². The number of nitrogens with one attached hydrogen (secondary N) is 1. The summed E-state index contributed by atoms with van der Waals surface area (Å²) in [6.45, 7) is 0.743. The number of benzene rings is 2. The van der Waals surface area contributed by atoms with Crippen LogP contribution >= 0.6 is 0 Å². The van der Waals surface area contributed by atoms with Crippen LogP contribution in [0.25, 0.3) is 0 Å². The predicted molar refractivity (Wildman–Crippen MR) is 92.6 cm³/mol. The van der Waals surface area contributed by atoms with Crippen molar-refractivity contribution < 1.29 is 13.5 Å². The molecule has 25 heavy (non-hydrogen) atoms. The maximum atomic E-state index is 14.5. The molecule has 3 atom stereocenters. The molecule has 0 radical (unpaired) electrons. The molecule has 130 valence electrons. The molecule has 2 aliphatic heterocycles. The molecule has 4 heteroatoms. The minimum atomic E-state index is -0.535. The largest absolute Gasteiger partial charge is 0.377 e. The van der Waals surface area contributed by atoms with Crippen molar-refractivity contribution in [2.24, 2.45) is 5.92 Å². The second kappa shape index (κ2) is 5.80. The van der Waals surface area contributed by atoms with E-state index in [4.69, 9.17) is 4.74 Å². The molecule has 0 amide bonds. The summed E-state index contributed by atoms with van der Waals surface area (Å²) in [5, 5.41) is 3.62. The molecule has 5 rings (SSSR count). The summed E-state index contributed by atoms with van der Waals surface area (Å²) in [4.78, 5) is 0. The minimum Gasteiger partial charge on any atom is -0.377 e. The van der Waals surface area contributed by atoms with E-state index in [1.54, 1.807) is 6.07 Å². The van der Waals surface area contributed by atoms with E-state index < -0.39 is 11.6 Å². The number of ether oxygens (including phenoxy) is 1. The standard InChI is InChI=1S/C21H21F2NO/c22-13-8-9-15(18(23)11-13)20-17-5-2-10-25-21(17)16-4-1-3-14(12-6-7-12)19(16)24-20/h1,3-4,8-9,11-12,17,20-21,24H,2,5-7,10H2. The van der Waals surface area contributed by atoms with E-state index in [-0.39, 0.29) is 18.1 Å². The first kappa shape index (κ1) is 15.3. The van der Waals surface area contributed by atoms with Crippen LogP contribution in [0.1, 0.15) is 60.4 Å². The van der Waals surface area contributed by atoms with Gasteiger partial charge in [0.15, 0.2) is 0 Å². The molecule has 1 aliphatic carbocycles. The maximum Gasteiger partial charge on any atom is 0.131 e. The Balaban J connectivity index is 1.63. The van der Waals surface area contributed by atoms with Gasteiger partial charge in [0.1, 0.15) is 11.6 Å². The molecule has 1 saturated carbocycles. The third-order valence-corrected chi connectivity index (χ3v) is 5.85. The summed E-state index contributed by atoms with van der Waals surface area (Å²) < 4.78 is 34.0. The van der Waals surface area contributed by atoms with E-state index in [1.807, 2.05) is 0 Å². The van der Waals surface area contributed by atoms with Gasteiger partial charge >= 0.3 is 0 Å². The highest BCUT2D eigenvalue weighted by molar-refractivity contribution is 5.64. The van der Waals surface area contributed by atoms with Crippen molar-refractivity contribution in [1.82, 2.24) is 0 Å². The fourth-order valence-electron chi connectivity index (χ4n) is 4.52. The second-order valence-electron chi connectivity index (χ2n) is 7.47. The number of fused-ring (bicyclic) bond motifs is 3. The Hall–Kier alpha value is -1.94. The molecular formula is C21H21F2NO. The molecule has 2 nitrogen and oxygen atoms in total. The molecule has 1 saturated heterocycles. The zero-order valence-electron chi connectivity index (χ0n) is 14.0. The van der Waals surface area contributed by atoms with Crippen LogP contribution in [0.5, 0.6) is 0 Å². The van der Waals surface area contributed by atoms with Crippen LogP contribution < -0.4 is 5.32 Å². The van der Waals surface area contributed by atoms with Crippen molar-refractivity contribution in [2.75, 3.05) is 11.9 Å². The molecule has 2 fully saturated rings. The van der Waals surface area contributed by atoms with E-state index >= 15 is 0 Å². The van der Waals surface area contributed by atoms with Crippen LogP contribution in [0, 0.1) is 17.6 Å². The Morgan fingerprint density at radius 2 is 1.80 bits per heavy atom. The summed E-state index contributed by atoms with van der Waals surface area (Å²) in [7, 11) is 0. The van der Waals surface area contributed by atoms with Gasteiger partial charge in [-0.15, -0.1) is 0 Å². The molecule has 0 aromatic heterocycles. The summed E-state index contributed by atoms with van der Waals surface area (Å²) in [6, 6.07) is 10.2. The van der Waals surface area contributed by atoms with Crippen LogP contribution in [-0.2, 0) is 4.74 Å². The molecule has 0 spiro atoms. The average molecular weight is 341 g/mol. The van der Waals surface area contributed by atoms with Crippen LogP contribution in [0.2, 0.25) is 0 Å². The fraction of sp³-hybridized carbons (Fsp3) is 0.429. The Labute approximate surface area is 146 Å². The molecule has 1 N–H and O–H groups in total. The number of hydrogen-bond acceptors (Lipinski definition) is 2. The van der Waals surface area contributed by atoms with Crippen LogP contribution in [-0.4, -0.2) is 6.61 Å². The van der Waals surface area contributed by atoms with E-state index in [9.17, 15) is 8.78 Å². The maximum absolute atomic E-state index is 14.5. The van der Waals surface area contributed by atoms with E-state index in [0.717, 1.165) is 31.2 Å². The molecule has 2 aromatic rings. The summed E-state index contributed by atoms with van der Waals surface area (Å²) in [5.74, 6) is -0.251. The van der Waals surface area contributed by atoms with Gasteiger partial charge in [-0.2, -0.15) is 0 Å². The van der Waals surface area contributed by atoms with Gasteiger partial charge in [-0.25, -0.2) is 8.78 Å². The van der Waals surface area contributed by atoms with Gasteiger partial charge in [0.05, 0.1) is 12.1 Å². The number of rotatable bonds is 2. The summed E-state index contributed by atoms with van der Waals surface area (Å²) in [6.07, 6.45) is 4.36. The smallest absolute Gasteiger partial charge is 0.131 e. The van der Waals surface area contributed by atoms with E-state index in [0.29, 0.717) is 11.5 Å². The Morgan fingerprint density at radius 1 is 0.960 bits per heavy atom. The highest BCUT2D eigenvalue weighted by Crippen LogP contribution is 2.53. The van der Waals surface area contributed by atoms with Crippen LogP contribution in [0.4, 0.5) is 14.5 Å². The fourth-order valence-corrected chi connectivity index (χ4v) is 4.52. The Kier molecular flexibility index (Phi) is 3.56. The number of hydrogen-bond donors (Lipinski definition) is 1. The summed E-state index contributed by atoms with van der Waals surface area (Å²) in [5.41, 5.74) is 4.17. The normalized spacial score (nSPS) is 28.0. The van der Waals surface area contributed by atoms with Crippen molar-refractivity contribution in [1.29, 1.82) is 0 Å². The van der Waals surface area contributed by atoms with Crippen LogP contribution in [0.15, 0.2) is 36.4 Å². The lowest BCUT2D eigenvalue weighted by molar-refractivity contribution is -0.0385. The molecule has 2 heterocycles. The average Bonchev–Trinajstić information content (AvgIpc) is 3.46. The lowest BCUT2D eigenvalue weighted by atomic mass is 9.76. The first-order valence-electron chi connectivity index (χ1n) is 9.18. The van der Waals surface area contributed by atoms with Crippen molar-refractivity contribution in [3.63, 3.8) is 0 Å². The molecule has 0 bridgehead atoms. The van der Waals surface area contributed by atoms with E-state index in [1.165, 1.54) is 30.0 Å². The lowest BCUT2D eigenvalue weighted by Gasteiger charge is -2.44. The van der Waals surface area contributed by atoms with Gasteiger partial charge in [0.2, 0.25) is 0 Å². The van der Waals surface area contributed by atoms with Gasteiger partial charge < -0.3 is 10.1 Å². The van der Waals surface area contributed by atoms with E-state index in [2.05, 4.69) is 23.5 Å². The Bertz CT molecular complexity index is 818. The Morgan fingerprint density at radius 3 is 2.60 bits per heavy atom. The van der Waals surface area contributed by atoms with Crippen LogP contribution in [0.3, 0.4) is 0 Å². The van der Waals surface area contributed by atoms with Crippen molar-refractivity contribution >= 4 is 5.69 Å². The first-order valence-corrected chi connectivity index (χ1v) is 9.18. The highest BCUT2D eigenvalue weighted by atomic mass is 19.1. The molecular weight excluding hydrogens is 320 g/mol. The predicted octanol–water partition coefficient (Wildman–Crippen LogP) is 5.48. The third-order valence-electron chi connectivity index (χ3n) is 5.85.